The second-order valence-electron chi connectivity index (χ2n) is 4.17. The standard InChI is InChI=1S/C14H18ClNO4/c1-4-19-13(17)12(14(18)20-5-2)9-7-11(16)8(3)6-10(9)15/h6-7,12H,4-5,16H2,1-3H3. The van der Waals surface area contributed by atoms with Crippen LogP contribution in [0.25, 0.3) is 0 Å². The minimum absolute atomic E-state index is 0.160. The topological polar surface area (TPSA) is 78.6 Å². The van der Waals surface area contributed by atoms with Crippen LogP contribution < -0.4 is 5.73 Å². The van der Waals surface area contributed by atoms with Crippen LogP contribution in [0, 0.1) is 6.92 Å². The predicted molar refractivity (Wildman–Crippen MR) is 76.6 cm³/mol. The van der Waals surface area contributed by atoms with Crippen LogP contribution in [-0.4, -0.2) is 25.2 Å². The van der Waals surface area contributed by atoms with Gasteiger partial charge in [-0.2, -0.15) is 0 Å². The van der Waals surface area contributed by atoms with Crippen LogP contribution in [0.5, 0.6) is 0 Å². The van der Waals surface area contributed by atoms with E-state index in [4.69, 9.17) is 26.8 Å². The lowest BCUT2D eigenvalue weighted by atomic mass is 9.97. The van der Waals surface area contributed by atoms with Crippen LogP contribution in [-0.2, 0) is 19.1 Å². The Morgan fingerprint density at radius 3 is 2.15 bits per heavy atom. The molecule has 0 bridgehead atoms. The zero-order valence-corrected chi connectivity index (χ0v) is 12.5. The van der Waals surface area contributed by atoms with Crippen molar-refractivity contribution in [3.05, 3.63) is 28.3 Å². The van der Waals surface area contributed by atoms with Crippen LogP contribution in [0.15, 0.2) is 12.1 Å². The Morgan fingerprint density at radius 2 is 1.70 bits per heavy atom. The van der Waals surface area contributed by atoms with Gasteiger partial charge in [-0.25, -0.2) is 0 Å². The first-order valence-electron chi connectivity index (χ1n) is 6.31. The molecule has 0 aromatic heterocycles. The van der Waals surface area contributed by atoms with Gasteiger partial charge in [0, 0.05) is 10.7 Å². The molecule has 0 atom stereocenters. The molecule has 0 amide bonds. The molecule has 0 fully saturated rings. The maximum absolute atomic E-state index is 12.0. The third kappa shape index (κ3) is 3.63. The average molecular weight is 300 g/mol. The number of ether oxygens (including phenoxy) is 2. The lowest BCUT2D eigenvalue weighted by molar-refractivity contribution is -0.156. The summed E-state index contributed by atoms with van der Waals surface area (Å²) in [5.41, 5.74) is 7.33. The Kier molecular flexibility index (Phi) is 5.82. The van der Waals surface area contributed by atoms with Crippen molar-refractivity contribution >= 4 is 29.2 Å². The molecule has 2 N–H and O–H groups in total. The maximum Gasteiger partial charge on any atom is 0.324 e. The molecule has 0 saturated carbocycles. The molecular weight excluding hydrogens is 282 g/mol. The summed E-state index contributed by atoms with van der Waals surface area (Å²) < 4.78 is 9.82. The van der Waals surface area contributed by atoms with Gasteiger partial charge in [0.15, 0.2) is 5.92 Å². The molecule has 0 heterocycles. The van der Waals surface area contributed by atoms with Crippen molar-refractivity contribution in [2.24, 2.45) is 0 Å². The Bertz CT molecular complexity index is 498. The van der Waals surface area contributed by atoms with E-state index in [0.717, 1.165) is 5.56 Å². The first kappa shape index (κ1) is 16.3. The molecule has 20 heavy (non-hydrogen) atoms. The summed E-state index contributed by atoms with van der Waals surface area (Å²) >= 11 is 6.11. The second kappa shape index (κ2) is 7.14. The number of anilines is 1. The van der Waals surface area contributed by atoms with Gasteiger partial charge in [-0.05, 0) is 44.0 Å². The highest BCUT2D eigenvalue weighted by Gasteiger charge is 2.33. The molecule has 6 heteroatoms. The molecule has 0 radical (unpaired) electrons. The number of carbonyl (C=O) groups is 2. The van der Waals surface area contributed by atoms with Gasteiger partial charge in [-0.15, -0.1) is 0 Å². The van der Waals surface area contributed by atoms with E-state index in [1.54, 1.807) is 26.8 Å². The number of hydrogen-bond donors (Lipinski definition) is 1. The fourth-order valence-electron chi connectivity index (χ4n) is 1.73. The van der Waals surface area contributed by atoms with Crippen molar-refractivity contribution in [3.8, 4) is 0 Å². The summed E-state index contributed by atoms with van der Waals surface area (Å²) in [7, 11) is 0. The van der Waals surface area contributed by atoms with E-state index in [1.165, 1.54) is 6.07 Å². The number of esters is 2. The van der Waals surface area contributed by atoms with E-state index in [9.17, 15) is 9.59 Å². The van der Waals surface area contributed by atoms with Crippen molar-refractivity contribution in [1.82, 2.24) is 0 Å². The minimum atomic E-state index is -1.22. The van der Waals surface area contributed by atoms with Crippen LogP contribution in [0.1, 0.15) is 30.9 Å². The number of aryl methyl sites for hydroxylation is 1. The molecule has 0 unspecified atom stereocenters. The largest absolute Gasteiger partial charge is 0.465 e. The summed E-state index contributed by atoms with van der Waals surface area (Å²) in [6.07, 6.45) is 0. The predicted octanol–water partition coefficient (Wildman–Crippen LogP) is 2.44. The Hall–Kier alpha value is -1.75. The van der Waals surface area contributed by atoms with Crippen LogP contribution in [0.3, 0.4) is 0 Å². The van der Waals surface area contributed by atoms with Crippen LogP contribution in [0.2, 0.25) is 5.02 Å². The summed E-state index contributed by atoms with van der Waals surface area (Å²) in [4.78, 5) is 24.0. The Balaban J connectivity index is 3.26. The van der Waals surface area contributed by atoms with Gasteiger partial charge in [-0.3, -0.25) is 9.59 Å². The summed E-state index contributed by atoms with van der Waals surface area (Å²) in [6, 6.07) is 3.12. The van der Waals surface area contributed by atoms with Gasteiger partial charge in [0.25, 0.3) is 0 Å². The molecule has 0 spiro atoms. The fraction of sp³-hybridized carbons (Fsp3) is 0.429. The second-order valence-corrected chi connectivity index (χ2v) is 4.57. The zero-order chi connectivity index (χ0) is 15.3. The lowest BCUT2D eigenvalue weighted by Gasteiger charge is -2.17. The molecule has 1 aromatic rings. The van der Waals surface area contributed by atoms with E-state index in [1.807, 2.05) is 0 Å². The number of benzene rings is 1. The Morgan fingerprint density at radius 1 is 1.20 bits per heavy atom. The highest BCUT2D eigenvalue weighted by Crippen LogP contribution is 2.31. The van der Waals surface area contributed by atoms with Crippen molar-refractivity contribution in [1.29, 1.82) is 0 Å². The van der Waals surface area contributed by atoms with Crippen LogP contribution >= 0.6 is 11.6 Å². The van der Waals surface area contributed by atoms with Gasteiger partial charge >= 0.3 is 11.9 Å². The molecule has 110 valence electrons. The molecule has 1 rings (SSSR count). The number of nitrogen functional groups attached to an aromatic ring is 1. The summed E-state index contributed by atoms with van der Waals surface area (Å²) in [5, 5.41) is 0.280. The van der Waals surface area contributed by atoms with Crippen molar-refractivity contribution < 1.29 is 19.1 Å². The molecule has 5 nitrogen and oxygen atoms in total. The maximum atomic E-state index is 12.0. The number of rotatable bonds is 5. The van der Waals surface area contributed by atoms with Crippen LogP contribution in [0.4, 0.5) is 5.69 Å². The molecular formula is C14H18ClNO4. The molecule has 0 aliphatic rings. The van der Waals surface area contributed by atoms with Crippen molar-refractivity contribution in [2.45, 2.75) is 26.7 Å². The van der Waals surface area contributed by atoms with Gasteiger partial charge in [0.2, 0.25) is 0 Å². The van der Waals surface area contributed by atoms with Gasteiger partial charge in [-0.1, -0.05) is 11.6 Å². The normalized spacial score (nSPS) is 10.4. The van der Waals surface area contributed by atoms with E-state index in [2.05, 4.69) is 0 Å². The Labute approximate surface area is 123 Å². The van der Waals surface area contributed by atoms with E-state index >= 15 is 0 Å². The smallest absolute Gasteiger partial charge is 0.324 e. The highest BCUT2D eigenvalue weighted by molar-refractivity contribution is 6.32. The van der Waals surface area contributed by atoms with E-state index < -0.39 is 17.9 Å². The monoisotopic (exact) mass is 299 g/mol. The fourth-order valence-corrected chi connectivity index (χ4v) is 2.06. The van der Waals surface area contributed by atoms with Gasteiger partial charge in [0.1, 0.15) is 0 Å². The third-order valence-corrected chi connectivity index (χ3v) is 3.07. The van der Waals surface area contributed by atoms with Gasteiger partial charge in [0.05, 0.1) is 13.2 Å². The summed E-state index contributed by atoms with van der Waals surface area (Å²) in [6.45, 7) is 5.42. The summed E-state index contributed by atoms with van der Waals surface area (Å²) in [5.74, 6) is -2.61. The quantitative estimate of drug-likeness (QED) is 0.513. The average Bonchev–Trinajstić information content (AvgIpc) is 2.36. The van der Waals surface area contributed by atoms with Crippen molar-refractivity contribution in [3.63, 3.8) is 0 Å². The lowest BCUT2D eigenvalue weighted by Crippen LogP contribution is -2.26. The minimum Gasteiger partial charge on any atom is -0.465 e. The number of nitrogens with two attached hydrogens (primary N) is 1. The zero-order valence-electron chi connectivity index (χ0n) is 11.7. The van der Waals surface area contributed by atoms with E-state index in [-0.39, 0.29) is 18.2 Å². The first-order chi connectivity index (χ1) is 9.42. The highest BCUT2D eigenvalue weighted by atomic mass is 35.5. The molecule has 0 aliphatic carbocycles. The number of halogens is 1. The SMILES string of the molecule is CCOC(=O)C(C(=O)OCC)c1cc(N)c(C)cc1Cl. The van der Waals surface area contributed by atoms with Crippen molar-refractivity contribution in [2.75, 3.05) is 18.9 Å². The number of hydrogen-bond acceptors (Lipinski definition) is 5. The third-order valence-electron chi connectivity index (χ3n) is 2.74. The van der Waals surface area contributed by atoms with Gasteiger partial charge < -0.3 is 15.2 Å². The molecule has 1 aromatic carbocycles. The van der Waals surface area contributed by atoms with E-state index in [0.29, 0.717) is 11.3 Å². The first-order valence-corrected chi connectivity index (χ1v) is 6.68. The number of carbonyl (C=O) groups excluding carboxylic acids is 2. The molecule has 0 saturated heterocycles. The molecule has 0 aliphatic heterocycles.